The Labute approximate surface area is 108 Å². The lowest BCUT2D eigenvalue weighted by Gasteiger charge is -2.04. The number of aromatic nitrogens is 2. The molecule has 4 nitrogen and oxygen atoms in total. The number of aromatic amines is 1. The molecule has 0 radical (unpaired) electrons. The molecule has 3 N–H and O–H groups in total. The van der Waals surface area contributed by atoms with Crippen LogP contribution >= 0.6 is 28.3 Å². The van der Waals surface area contributed by atoms with Crippen molar-refractivity contribution in [2.75, 3.05) is 12.8 Å². The van der Waals surface area contributed by atoms with Crippen molar-refractivity contribution in [2.24, 2.45) is 0 Å². The molecule has 16 heavy (non-hydrogen) atoms. The Balaban J connectivity index is 0.00000128. The van der Waals surface area contributed by atoms with Gasteiger partial charge in [0, 0.05) is 11.6 Å². The molecule has 1 heterocycles. The first kappa shape index (κ1) is 12.9. The molecule has 1 aromatic heterocycles. The number of anilines is 1. The number of halogens is 2. The average Bonchev–Trinajstić information content (AvgIpc) is 2.66. The molecule has 0 saturated carbocycles. The Morgan fingerprint density at radius 3 is 2.69 bits per heavy atom. The van der Waals surface area contributed by atoms with Gasteiger partial charge in [0.1, 0.15) is 11.6 Å². The molecule has 0 fully saturated rings. The Hall–Kier alpha value is -1.20. The lowest BCUT2D eigenvalue weighted by atomic mass is 10.1. The molecular formula is C10H11BrClN3O. The van der Waals surface area contributed by atoms with Gasteiger partial charge in [0.2, 0.25) is 0 Å². The zero-order chi connectivity index (χ0) is 10.8. The lowest BCUT2D eigenvalue weighted by Crippen LogP contribution is -1.85. The van der Waals surface area contributed by atoms with Gasteiger partial charge in [0.15, 0.2) is 0 Å². The third-order valence-corrected chi connectivity index (χ3v) is 2.71. The zero-order valence-electron chi connectivity index (χ0n) is 8.53. The lowest BCUT2D eigenvalue weighted by molar-refractivity contribution is 0.412. The summed E-state index contributed by atoms with van der Waals surface area (Å²) in [5, 5.41) is 6.72. The number of hydrogen-bond acceptors (Lipinski definition) is 3. The molecule has 0 spiro atoms. The smallest absolute Gasteiger partial charge is 0.145 e. The summed E-state index contributed by atoms with van der Waals surface area (Å²) in [5.74, 6) is 1.26. The van der Waals surface area contributed by atoms with Crippen LogP contribution in [0, 0.1) is 0 Å². The second-order valence-corrected chi connectivity index (χ2v) is 3.91. The van der Waals surface area contributed by atoms with Crippen molar-refractivity contribution in [1.82, 2.24) is 10.2 Å². The molecule has 0 amide bonds. The number of nitrogen functional groups attached to an aromatic ring is 1. The van der Waals surface area contributed by atoms with Crippen LogP contribution in [0.1, 0.15) is 0 Å². The highest BCUT2D eigenvalue weighted by Crippen LogP contribution is 2.30. The molecule has 2 rings (SSSR count). The van der Waals surface area contributed by atoms with Gasteiger partial charge in [-0.3, -0.25) is 5.10 Å². The maximum atomic E-state index is 5.53. The van der Waals surface area contributed by atoms with E-state index in [0.29, 0.717) is 5.82 Å². The molecule has 2 aromatic rings. The fourth-order valence-corrected chi connectivity index (χ4v) is 1.72. The van der Waals surface area contributed by atoms with Gasteiger partial charge in [0.25, 0.3) is 0 Å². The van der Waals surface area contributed by atoms with Gasteiger partial charge in [-0.25, -0.2) is 0 Å². The third-order valence-electron chi connectivity index (χ3n) is 2.06. The average molecular weight is 305 g/mol. The van der Waals surface area contributed by atoms with Gasteiger partial charge in [-0.15, -0.1) is 12.4 Å². The van der Waals surface area contributed by atoms with Gasteiger partial charge in [-0.1, -0.05) is 6.07 Å². The minimum Gasteiger partial charge on any atom is -0.496 e. The molecule has 0 aliphatic carbocycles. The van der Waals surface area contributed by atoms with Gasteiger partial charge < -0.3 is 10.5 Å². The summed E-state index contributed by atoms with van der Waals surface area (Å²) < 4.78 is 6.12. The zero-order valence-corrected chi connectivity index (χ0v) is 10.9. The van der Waals surface area contributed by atoms with Crippen LogP contribution in [-0.4, -0.2) is 17.3 Å². The maximum absolute atomic E-state index is 5.53. The van der Waals surface area contributed by atoms with Crippen molar-refractivity contribution in [3.05, 3.63) is 28.7 Å². The van der Waals surface area contributed by atoms with E-state index in [9.17, 15) is 0 Å². The van der Waals surface area contributed by atoms with Crippen molar-refractivity contribution in [2.45, 2.75) is 0 Å². The summed E-state index contributed by atoms with van der Waals surface area (Å²) in [6.07, 6.45) is 0. The van der Waals surface area contributed by atoms with E-state index in [2.05, 4.69) is 26.1 Å². The quantitative estimate of drug-likeness (QED) is 0.896. The predicted octanol–water partition coefficient (Wildman–Crippen LogP) is 2.85. The van der Waals surface area contributed by atoms with Crippen LogP contribution in [-0.2, 0) is 0 Å². The van der Waals surface area contributed by atoms with Crippen molar-refractivity contribution in [3.8, 4) is 17.0 Å². The second kappa shape index (κ2) is 5.23. The molecule has 0 atom stereocenters. The number of hydrogen-bond donors (Lipinski definition) is 2. The molecule has 0 bridgehead atoms. The molecule has 0 saturated heterocycles. The summed E-state index contributed by atoms with van der Waals surface area (Å²) in [7, 11) is 1.63. The number of nitrogens with one attached hydrogen (secondary N) is 1. The van der Waals surface area contributed by atoms with E-state index in [-0.39, 0.29) is 12.4 Å². The van der Waals surface area contributed by atoms with Crippen molar-refractivity contribution < 1.29 is 4.74 Å². The Morgan fingerprint density at radius 2 is 2.12 bits per heavy atom. The highest BCUT2D eigenvalue weighted by atomic mass is 79.9. The van der Waals surface area contributed by atoms with Gasteiger partial charge in [-0.05, 0) is 28.1 Å². The topological polar surface area (TPSA) is 63.9 Å². The second-order valence-electron chi connectivity index (χ2n) is 3.06. The minimum absolute atomic E-state index is 0. The fraction of sp³-hybridized carbons (Fsp3) is 0.100. The Morgan fingerprint density at radius 1 is 1.38 bits per heavy atom. The normalized spacial score (nSPS) is 9.62. The Bertz CT molecular complexity index is 487. The molecular weight excluding hydrogens is 293 g/mol. The van der Waals surface area contributed by atoms with E-state index in [1.54, 1.807) is 13.2 Å². The van der Waals surface area contributed by atoms with Crippen LogP contribution in [0.4, 0.5) is 5.82 Å². The first-order chi connectivity index (χ1) is 7.20. The number of H-pyrrole nitrogens is 1. The SMILES string of the molecule is COc1cc(-c2cc(N)n[nH]2)ccc1Br.Cl. The number of rotatable bonds is 2. The monoisotopic (exact) mass is 303 g/mol. The van der Waals surface area contributed by atoms with Crippen LogP contribution in [0.2, 0.25) is 0 Å². The molecule has 0 aliphatic rings. The number of benzene rings is 1. The third kappa shape index (κ3) is 2.48. The number of methoxy groups -OCH3 is 1. The van der Waals surface area contributed by atoms with E-state index >= 15 is 0 Å². The van der Waals surface area contributed by atoms with Gasteiger partial charge >= 0.3 is 0 Å². The van der Waals surface area contributed by atoms with E-state index in [1.165, 1.54) is 0 Å². The molecule has 6 heteroatoms. The van der Waals surface area contributed by atoms with Crippen LogP contribution in [0.3, 0.4) is 0 Å². The first-order valence-corrected chi connectivity index (χ1v) is 5.15. The summed E-state index contributed by atoms with van der Waals surface area (Å²) in [6.45, 7) is 0. The summed E-state index contributed by atoms with van der Waals surface area (Å²) in [4.78, 5) is 0. The largest absolute Gasteiger partial charge is 0.496 e. The van der Waals surface area contributed by atoms with Crippen LogP contribution in [0.25, 0.3) is 11.3 Å². The number of nitrogens with two attached hydrogens (primary N) is 1. The molecule has 1 aromatic carbocycles. The van der Waals surface area contributed by atoms with Crippen molar-refractivity contribution >= 4 is 34.2 Å². The number of nitrogens with zero attached hydrogens (tertiary/aromatic N) is 1. The van der Waals surface area contributed by atoms with E-state index in [0.717, 1.165) is 21.5 Å². The summed E-state index contributed by atoms with van der Waals surface area (Å²) >= 11 is 3.39. The highest BCUT2D eigenvalue weighted by molar-refractivity contribution is 9.10. The van der Waals surface area contributed by atoms with Crippen LogP contribution in [0.5, 0.6) is 5.75 Å². The van der Waals surface area contributed by atoms with Crippen molar-refractivity contribution in [1.29, 1.82) is 0 Å². The fourth-order valence-electron chi connectivity index (χ4n) is 1.31. The molecule has 0 aliphatic heterocycles. The van der Waals surface area contributed by atoms with E-state index in [1.807, 2.05) is 18.2 Å². The standard InChI is InChI=1S/C10H10BrN3O.ClH/c1-15-9-4-6(2-3-7(9)11)8-5-10(12)14-13-8;/h2-5H,1H3,(H3,12,13,14);1H. The predicted molar refractivity (Wildman–Crippen MR) is 69.9 cm³/mol. The van der Waals surface area contributed by atoms with Crippen molar-refractivity contribution in [3.63, 3.8) is 0 Å². The maximum Gasteiger partial charge on any atom is 0.145 e. The first-order valence-electron chi connectivity index (χ1n) is 4.35. The van der Waals surface area contributed by atoms with Gasteiger partial charge in [0.05, 0.1) is 17.3 Å². The van der Waals surface area contributed by atoms with Gasteiger partial charge in [-0.2, -0.15) is 5.10 Å². The highest BCUT2D eigenvalue weighted by Gasteiger charge is 2.05. The Kier molecular flexibility index (Phi) is 4.20. The number of ether oxygens (including phenoxy) is 1. The van der Waals surface area contributed by atoms with E-state index in [4.69, 9.17) is 10.5 Å². The minimum atomic E-state index is 0. The van der Waals surface area contributed by atoms with Crippen LogP contribution in [0.15, 0.2) is 28.7 Å². The molecule has 86 valence electrons. The van der Waals surface area contributed by atoms with Crippen LogP contribution < -0.4 is 10.5 Å². The molecule has 0 unspecified atom stereocenters. The van der Waals surface area contributed by atoms with E-state index < -0.39 is 0 Å². The summed E-state index contributed by atoms with van der Waals surface area (Å²) in [5.41, 5.74) is 7.39. The summed E-state index contributed by atoms with van der Waals surface area (Å²) in [6, 6.07) is 7.57.